The van der Waals surface area contributed by atoms with Gasteiger partial charge in [0.05, 0.1) is 24.8 Å². The van der Waals surface area contributed by atoms with Crippen molar-refractivity contribution in [3.63, 3.8) is 0 Å². The van der Waals surface area contributed by atoms with Crippen molar-refractivity contribution >= 4 is 11.0 Å². The zero-order chi connectivity index (χ0) is 17.2. The molecular weight excluding hydrogens is 312 g/mol. The average Bonchev–Trinajstić information content (AvgIpc) is 3.11. The summed E-state index contributed by atoms with van der Waals surface area (Å²) in [6, 6.07) is 22.1. The summed E-state index contributed by atoms with van der Waals surface area (Å²) in [4.78, 5) is 4.50. The van der Waals surface area contributed by atoms with Gasteiger partial charge in [0.2, 0.25) is 0 Å². The van der Waals surface area contributed by atoms with Crippen LogP contribution in [-0.4, -0.2) is 21.8 Å². The average molecular weight is 330 g/mol. The van der Waals surface area contributed by atoms with E-state index in [-0.39, 0.29) is 6.61 Å². The van der Waals surface area contributed by atoms with Crippen molar-refractivity contribution in [1.82, 2.24) is 9.55 Å². The molecule has 4 heteroatoms. The van der Waals surface area contributed by atoms with Gasteiger partial charge in [-0.3, -0.25) is 4.57 Å². The molecule has 0 aliphatic heterocycles. The smallest absolute Gasteiger partial charge is 0.119 e. The van der Waals surface area contributed by atoms with E-state index in [1.165, 1.54) is 0 Å². The van der Waals surface area contributed by atoms with Crippen LogP contribution in [0, 0.1) is 0 Å². The summed E-state index contributed by atoms with van der Waals surface area (Å²) in [5, 5.41) is 9.19. The van der Waals surface area contributed by atoms with E-state index in [1.807, 2.05) is 60.9 Å². The maximum atomic E-state index is 9.19. The third-order valence-electron chi connectivity index (χ3n) is 4.37. The monoisotopic (exact) mass is 330 g/mol. The number of nitrogens with zero attached hydrogens (tertiary/aromatic N) is 2. The van der Waals surface area contributed by atoms with Crippen molar-refractivity contribution < 1.29 is 9.84 Å². The van der Waals surface area contributed by atoms with Gasteiger partial charge in [0.15, 0.2) is 0 Å². The van der Waals surface area contributed by atoms with Crippen LogP contribution in [0.25, 0.3) is 27.8 Å². The van der Waals surface area contributed by atoms with Gasteiger partial charge in [-0.2, -0.15) is 0 Å². The van der Waals surface area contributed by atoms with Crippen LogP contribution in [0.15, 0.2) is 73.1 Å². The first-order valence-electron chi connectivity index (χ1n) is 8.10. The van der Waals surface area contributed by atoms with Gasteiger partial charge < -0.3 is 9.84 Å². The Balaban J connectivity index is 1.78. The highest BCUT2D eigenvalue weighted by Gasteiger charge is 2.07. The summed E-state index contributed by atoms with van der Waals surface area (Å²) in [5.74, 6) is 0.831. The van der Waals surface area contributed by atoms with Crippen LogP contribution >= 0.6 is 0 Å². The minimum Gasteiger partial charge on any atom is -0.497 e. The molecule has 0 amide bonds. The number of aliphatic hydroxyl groups is 1. The lowest BCUT2D eigenvalue weighted by atomic mass is 10.0. The third kappa shape index (κ3) is 2.88. The van der Waals surface area contributed by atoms with Crippen LogP contribution < -0.4 is 4.74 Å². The van der Waals surface area contributed by atoms with Crippen molar-refractivity contribution in [3.05, 3.63) is 78.6 Å². The largest absolute Gasteiger partial charge is 0.497 e. The molecule has 4 aromatic rings. The lowest BCUT2D eigenvalue weighted by molar-refractivity contribution is 0.282. The first-order chi connectivity index (χ1) is 12.3. The van der Waals surface area contributed by atoms with E-state index in [0.717, 1.165) is 39.2 Å². The molecule has 0 radical (unpaired) electrons. The molecule has 25 heavy (non-hydrogen) atoms. The molecule has 1 N–H and O–H groups in total. The number of imidazole rings is 1. The number of aromatic nitrogens is 2. The molecular formula is C21H18N2O2. The highest BCUT2D eigenvalue weighted by molar-refractivity contribution is 5.83. The predicted molar refractivity (Wildman–Crippen MR) is 99.0 cm³/mol. The molecule has 1 aromatic heterocycles. The maximum Gasteiger partial charge on any atom is 0.119 e. The highest BCUT2D eigenvalue weighted by atomic mass is 16.5. The summed E-state index contributed by atoms with van der Waals surface area (Å²) in [6.45, 7) is 0.0591. The molecule has 4 rings (SSSR count). The van der Waals surface area contributed by atoms with Gasteiger partial charge in [-0.25, -0.2) is 4.98 Å². The second-order valence-electron chi connectivity index (χ2n) is 5.87. The Morgan fingerprint density at radius 3 is 2.32 bits per heavy atom. The van der Waals surface area contributed by atoms with Gasteiger partial charge in [0.1, 0.15) is 12.1 Å². The van der Waals surface area contributed by atoms with Gasteiger partial charge in [-0.15, -0.1) is 0 Å². The molecule has 0 saturated carbocycles. The normalized spacial score (nSPS) is 11.0. The number of benzene rings is 3. The minimum absolute atomic E-state index is 0.0591. The highest BCUT2D eigenvalue weighted by Crippen LogP contribution is 2.26. The summed E-state index contributed by atoms with van der Waals surface area (Å²) < 4.78 is 7.30. The van der Waals surface area contributed by atoms with Crippen molar-refractivity contribution in [1.29, 1.82) is 0 Å². The van der Waals surface area contributed by atoms with E-state index in [9.17, 15) is 5.11 Å². The summed E-state index contributed by atoms with van der Waals surface area (Å²) in [7, 11) is 1.66. The zero-order valence-electron chi connectivity index (χ0n) is 13.9. The van der Waals surface area contributed by atoms with Crippen LogP contribution in [-0.2, 0) is 6.61 Å². The summed E-state index contributed by atoms with van der Waals surface area (Å²) in [5.41, 5.74) is 6.18. The van der Waals surface area contributed by atoms with E-state index in [1.54, 1.807) is 7.11 Å². The van der Waals surface area contributed by atoms with Crippen LogP contribution in [0.3, 0.4) is 0 Å². The first-order valence-corrected chi connectivity index (χ1v) is 8.10. The van der Waals surface area contributed by atoms with E-state index in [0.29, 0.717) is 0 Å². The quantitative estimate of drug-likeness (QED) is 0.610. The number of methoxy groups -OCH3 is 1. The topological polar surface area (TPSA) is 47.3 Å². The third-order valence-corrected chi connectivity index (χ3v) is 4.37. The van der Waals surface area contributed by atoms with E-state index < -0.39 is 0 Å². The van der Waals surface area contributed by atoms with Gasteiger partial charge in [0, 0.05) is 5.69 Å². The van der Waals surface area contributed by atoms with Gasteiger partial charge in [-0.1, -0.05) is 30.3 Å². The lowest BCUT2D eigenvalue weighted by Crippen LogP contribution is -1.92. The van der Waals surface area contributed by atoms with Gasteiger partial charge in [-0.05, 0) is 53.1 Å². The van der Waals surface area contributed by atoms with Crippen molar-refractivity contribution in [2.75, 3.05) is 7.11 Å². The zero-order valence-corrected chi connectivity index (χ0v) is 13.9. The Morgan fingerprint density at radius 1 is 0.920 bits per heavy atom. The molecule has 0 aliphatic carbocycles. The number of hydrogen-bond acceptors (Lipinski definition) is 3. The number of rotatable bonds is 4. The summed E-state index contributed by atoms with van der Waals surface area (Å²) >= 11 is 0. The first kappa shape index (κ1) is 15.4. The van der Waals surface area contributed by atoms with Crippen molar-refractivity contribution in [2.45, 2.75) is 6.61 Å². The Morgan fingerprint density at radius 2 is 1.64 bits per heavy atom. The number of ether oxygens (including phenoxy) is 1. The van der Waals surface area contributed by atoms with E-state index >= 15 is 0 Å². The number of aliphatic hydroxyl groups excluding tert-OH is 1. The standard InChI is InChI=1S/C21H18N2O2/c1-25-19-9-7-18(8-10-19)23-14-22-20-11-6-17(12-21(20)23)16-4-2-15(13-24)3-5-16/h2-12,14,24H,13H2,1H3. The van der Waals surface area contributed by atoms with Crippen molar-refractivity contribution in [2.24, 2.45) is 0 Å². The molecule has 0 fully saturated rings. The molecule has 124 valence electrons. The van der Waals surface area contributed by atoms with E-state index in [4.69, 9.17) is 4.74 Å². The summed E-state index contributed by atoms with van der Waals surface area (Å²) in [6.07, 6.45) is 1.84. The Labute approximate surface area is 146 Å². The van der Waals surface area contributed by atoms with Gasteiger partial charge in [0.25, 0.3) is 0 Å². The number of hydrogen-bond donors (Lipinski definition) is 1. The van der Waals surface area contributed by atoms with E-state index in [2.05, 4.69) is 21.7 Å². The van der Waals surface area contributed by atoms with Crippen LogP contribution in [0.4, 0.5) is 0 Å². The fourth-order valence-corrected chi connectivity index (χ4v) is 2.94. The second-order valence-corrected chi connectivity index (χ2v) is 5.87. The predicted octanol–water partition coefficient (Wildman–Crippen LogP) is 4.19. The fourth-order valence-electron chi connectivity index (χ4n) is 2.94. The molecule has 4 nitrogen and oxygen atoms in total. The van der Waals surface area contributed by atoms with Gasteiger partial charge >= 0.3 is 0 Å². The number of fused-ring (bicyclic) bond motifs is 1. The minimum atomic E-state index is 0.0591. The molecule has 0 saturated heterocycles. The SMILES string of the molecule is COc1ccc(-n2cnc3ccc(-c4ccc(CO)cc4)cc32)cc1. The Kier molecular flexibility index (Phi) is 3.96. The maximum absolute atomic E-state index is 9.19. The molecule has 0 aliphatic rings. The molecule has 0 atom stereocenters. The van der Waals surface area contributed by atoms with Crippen LogP contribution in [0.2, 0.25) is 0 Å². The Bertz CT molecular complexity index is 1000. The lowest BCUT2D eigenvalue weighted by Gasteiger charge is -2.08. The van der Waals surface area contributed by atoms with Crippen molar-refractivity contribution in [3.8, 4) is 22.6 Å². The molecule has 0 spiro atoms. The fraction of sp³-hybridized carbons (Fsp3) is 0.0952. The Hall–Kier alpha value is -3.11. The second kappa shape index (κ2) is 6.42. The molecule has 1 heterocycles. The van der Waals surface area contributed by atoms with Crippen LogP contribution in [0.5, 0.6) is 5.75 Å². The molecule has 3 aromatic carbocycles. The molecule has 0 unspecified atom stereocenters. The van der Waals surface area contributed by atoms with Crippen LogP contribution in [0.1, 0.15) is 5.56 Å². The molecule has 0 bridgehead atoms.